The van der Waals surface area contributed by atoms with Gasteiger partial charge in [-0.15, -0.1) is 0 Å². The molecule has 0 amide bonds. The van der Waals surface area contributed by atoms with E-state index in [0.29, 0.717) is 0 Å². The van der Waals surface area contributed by atoms with Gasteiger partial charge in [-0.25, -0.2) is 0 Å². The Morgan fingerprint density at radius 3 is 2.29 bits per heavy atom. The summed E-state index contributed by atoms with van der Waals surface area (Å²) in [5.41, 5.74) is 4.01. The molecule has 88 valence electrons. The van der Waals surface area contributed by atoms with Gasteiger partial charge in [0.1, 0.15) is 11.5 Å². The van der Waals surface area contributed by atoms with Crippen LogP contribution >= 0.6 is 0 Å². The van der Waals surface area contributed by atoms with Gasteiger partial charge < -0.3 is 9.84 Å². The Morgan fingerprint density at radius 1 is 0.941 bits per heavy atom. The number of para-hydroxylation sites is 1. The molecule has 0 aliphatic rings. The zero-order valence-corrected chi connectivity index (χ0v) is 10.3. The van der Waals surface area contributed by atoms with Gasteiger partial charge >= 0.3 is 0 Å². The quantitative estimate of drug-likeness (QED) is 0.849. The molecule has 0 fully saturated rings. The molecule has 0 saturated heterocycles. The minimum Gasteiger partial charge on any atom is -0.507 e. The van der Waals surface area contributed by atoms with Crippen molar-refractivity contribution in [1.29, 1.82) is 0 Å². The second-order valence-electron chi connectivity index (χ2n) is 4.11. The summed E-state index contributed by atoms with van der Waals surface area (Å²) in [6.07, 6.45) is 0. The maximum absolute atomic E-state index is 9.89. The maximum Gasteiger partial charge on any atom is 0.129 e. The Labute approximate surface area is 101 Å². The molecule has 0 heterocycles. The van der Waals surface area contributed by atoms with E-state index in [0.717, 1.165) is 22.4 Å². The predicted molar refractivity (Wildman–Crippen MR) is 69.6 cm³/mol. The van der Waals surface area contributed by atoms with Crippen molar-refractivity contribution in [3.63, 3.8) is 0 Å². The largest absolute Gasteiger partial charge is 0.507 e. The Balaban J connectivity index is 2.68. The average molecular weight is 228 g/mol. The lowest BCUT2D eigenvalue weighted by molar-refractivity contribution is 0.412. The molecule has 0 aliphatic heterocycles. The topological polar surface area (TPSA) is 29.5 Å². The molecule has 0 spiro atoms. The van der Waals surface area contributed by atoms with Crippen LogP contribution in [0, 0.1) is 13.8 Å². The Kier molecular flexibility index (Phi) is 3.05. The van der Waals surface area contributed by atoms with E-state index in [9.17, 15) is 5.11 Å². The zero-order valence-electron chi connectivity index (χ0n) is 10.3. The van der Waals surface area contributed by atoms with Gasteiger partial charge in [-0.2, -0.15) is 0 Å². The molecule has 1 N–H and O–H groups in total. The summed E-state index contributed by atoms with van der Waals surface area (Å²) in [5.74, 6) is 1.10. The van der Waals surface area contributed by atoms with E-state index in [2.05, 4.69) is 0 Å². The molecule has 17 heavy (non-hydrogen) atoms. The summed E-state index contributed by atoms with van der Waals surface area (Å²) in [5, 5.41) is 9.89. The summed E-state index contributed by atoms with van der Waals surface area (Å²) in [4.78, 5) is 0. The molecular weight excluding hydrogens is 212 g/mol. The minimum absolute atomic E-state index is 0.272. The van der Waals surface area contributed by atoms with Gasteiger partial charge in [0.2, 0.25) is 0 Å². The van der Waals surface area contributed by atoms with Gasteiger partial charge in [0.15, 0.2) is 0 Å². The third-order valence-electron chi connectivity index (χ3n) is 3.08. The van der Waals surface area contributed by atoms with Gasteiger partial charge in [-0.3, -0.25) is 0 Å². The monoisotopic (exact) mass is 228 g/mol. The molecule has 0 saturated carbocycles. The van der Waals surface area contributed by atoms with Gasteiger partial charge in [-0.1, -0.05) is 30.3 Å². The van der Waals surface area contributed by atoms with E-state index in [1.54, 1.807) is 13.2 Å². The fraction of sp³-hybridized carbons (Fsp3) is 0.200. The molecule has 0 aromatic heterocycles. The lowest BCUT2D eigenvalue weighted by Gasteiger charge is -2.14. The first kappa shape index (κ1) is 11.5. The van der Waals surface area contributed by atoms with Crippen LogP contribution in [0.4, 0.5) is 0 Å². The first-order chi connectivity index (χ1) is 8.15. The summed E-state index contributed by atoms with van der Waals surface area (Å²) in [7, 11) is 1.66. The second kappa shape index (κ2) is 4.50. The minimum atomic E-state index is 0.272. The van der Waals surface area contributed by atoms with Crippen molar-refractivity contribution in [1.82, 2.24) is 0 Å². The number of phenols is 1. The Bertz CT molecular complexity index is 545. The van der Waals surface area contributed by atoms with Crippen molar-refractivity contribution < 1.29 is 9.84 Å². The van der Waals surface area contributed by atoms with Crippen LogP contribution < -0.4 is 4.74 Å². The molecule has 0 bridgehead atoms. The lowest BCUT2D eigenvalue weighted by atomic mass is 9.98. The number of aromatic hydroxyl groups is 1. The first-order valence-corrected chi connectivity index (χ1v) is 5.57. The van der Waals surface area contributed by atoms with Crippen LogP contribution in [0.3, 0.4) is 0 Å². The average Bonchev–Trinajstić information content (AvgIpc) is 2.33. The van der Waals surface area contributed by atoms with E-state index in [-0.39, 0.29) is 5.75 Å². The number of phenolic OH excluding ortho intramolecular Hbond substituents is 1. The molecule has 0 aliphatic carbocycles. The number of hydrogen-bond acceptors (Lipinski definition) is 2. The highest BCUT2D eigenvalue weighted by Gasteiger charge is 2.12. The summed E-state index contributed by atoms with van der Waals surface area (Å²) >= 11 is 0. The number of ether oxygens (including phenoxy) is 1. The van der Waals surface area contributed by atoms with Crippen molar-refractivity contribution in [3.8, 4) is 22.6 Å². The van der Waals surface area contributed by atoms with E-state index in [1.807, 2.05) is 44.2 Å². The molecule has 0 atom stereocenters. The third kappa shape index (κ3) is 1.98. The number of hydrogen-bond donors (Lipinski definition) is 1. The zero-order chi connectivity index (χ0) is 12.4. The van der Waals surface area contributed by atoms with Crippen LogP contribution in [0.15, 0.2) is 36.4 Å². The molecule has 2 nitrogen and oxygen atoms in total. The van der Waals surface area contributed by atoms with Gasteiger partial charge in [0, 0.05) is 11.1 Å². The third-order valence-corrected chi connectivity index (χ3v) is 3.08. The standard InChI is InChI=1S/C15H16O2/c1-10-8-9-13(15(17-3)11(10)2)12-6-4-5-7-14(12)16/h4-9,16H,1-3H3. The lowest BCUT2D eigenvalue weighted by Crippen LogP contribution is -1.93. The highest BCUT2D eigenvalue weighted by molar-refractivity contribution is 5.77. The predicted octanol–water partition coefficient (Wildman–Crippen LogP) is 3.68. The number of aryl methyl sites for hydroxylation is 1. The molecule has 2 aromatic rings. The first-order valence-electron chi connectivity index (χ1n) is 5.57. The second-order valence-corrected chi connectivity index (χ2v) is 4.11. The summed E-state index contributed by atoms with van der Waals surface area (Å²) in [6, 6.07) is 11.3. The molecule has 2 heteroatoms. The number of benzene rings is 2. The normalized spacial score (nSPS) is 10.3. The number of rotatable bonds is 2. The van der Waals surface area contributed by atoms with Crippen molar-refractivity contribution in [2.75, 3.05) is 7.11 Å². The van der Waals surface area contributed by atoms with E-state index >= 15 is 0 Å². The van der Waals surface area contributed by atoms with Gasteiger partial charge in [-0.05, 0) is 31.0 Å². The van der Waals surface area contributed by atoms with Crippen LogP contribution in [-0.2, 0) is 0 Å². The van der Waals surface area contributed by atoms with Crippen LogP contribution in [0.1, 0.15) is 11.1 Å². The highest BCUT2D eigenvalue weighted by atomic mass is 16.5. The van der Waals surface area contributed by atoms with Crippen LogP contribution in [0.5, 0.6) is 11.5 Å². The van der Waals surface area contributed by atoms with Crippen LogP contribution in [-0.4, -0.2) is 12.2 Å². The highest BCUT2D eigenvalue weighted by Crippen LogP contribution is 2.38. The van der Waals surface area contributed by atoms with Gasteiger partial charge in [0.25, 0.3) is 0 Å². The van der Waals surface area contributed by atoms with E-state index in [4.69, 9.17) is 4.74 Å². The van der Waals surface area contributed by atoms with Crippen molar-refractivity contribution in [3.05, 3.63) is 47.5 Å². The SMILES string of the molecule is COc1c(-c2ccccc2O)ccc(C)c1C. The Hall–Kier alpha value is -1.96. The van der Waals surface area contributed by atoms with Crippen molar-refractivity contribution >= 4 is 0 Å². The fourth-order valence-electron chi connectivity index (χ4n) is 1.97. The maximum atomic E-state index is 9.89. The van der Waals surface area contributed by atoms with Crippen molar-refractivity contribution in [2.24, 2.45) is 0 Å². The molecular formula is C15H16O2. The van der Waals surface area contributed by atoms with Crippen LogP contribution in [0.2, 0.25) is 0 Å². The van der Waals surface area contributed by atoms with E-state index < -0.39 is 0 Å². The Morgan fingerprint density at radius 2 is 1.65 bits per heavy atom. The molecule has 2 aromatic carbocycles. The number of methoxy groups -OCH3 is 1. The molecule has 0 unspecified atom stereocenters. The van der Waals surface area contributed by atoms with E-state index in [1.165, 1.54) is 5.56 Å². The van der Waals surface area contributed by atoms with Crippen LogP contribution in [0.25, 0.3) is 11.1 Å². The van der Waals surface area contributed by atoms with Gasteiger partial charge in [0.05, 0.1) is 7.11 Å². The van der Waals surface area contributed by atoms with Crippen molar-refractivity contribution in [2.45, 2.75) is 13.8 Å². The summed E-state index contributed by atoms with van der Waals surface area (Å²) in [6.45, 7) is 4.07. The fourth-order valence-corrected chi connectivity index (χ4v) is 1.97. The molecule has 2 rings (SSSR count). The molecule has 0 radical (unpaired) electrons. The summed E-state index contributed by atoms with van der Waals surface area (Å²) < 4.78 is 5.46. The smallest absolute Gasteiger partial charge is 0.129 e.